The Labute approximate surface area is 214 Å². The molecule has 0 bridgehead atoms. The van der Waals surface area contributed by atoms with Crippen LogP contribution < -0.4 is 10.6 Å². The predicted octanol–water partition coefficient (Wildman–Crippen LogP) is 3.77. The van der Waals surface area contributed by atoms with Crippen LogP contribution in [-0.4, -0.2) is 64.7 Å². The van der Waals surface area contributed by atoms with Gasteiger partial charge in [0.1, 0.15) is 17.0 Å². The van der Waals surface area contributed by atoms with E-state index in [1.54, 1.807) is 4.57 Å². The summed E-state index contributed by atoms with van der Waals surface area (Å²) in [5, 5.41) is 6.24. The van der Waals surface area contributed by atoms with Crippen LogP contribution >= 0.6 is 0 Å². The van der Waals surface area contributed by atoms with Crippen molar-refractivity contribution in [1.82, 2.24) is 29.1 Å². The average molecular weight is 538 g/mol. The Morgan fingerprint density at radius 3 is 2.46 bits per heavy atom. The SMILES string of the molecule is CNC(C)c1ccc(-n2cnc(-c3nc(NC4CCN(S(C)(=O)=O)CC4)ncc3C(F)(F)F)c2)c(C)c1. The quantitative estimate of drug-likeness (QED) is 0.473. The van der Waals surface area contributed by atoms with Gasteiger partial charge >= 0.3 is 6.18 Å². The first-order valence-corrected chi connectivity index (χ1v) is 13.7. The minimum absolute atomic E-state index is 0.0388. The van der Waals surface area contributed by atoms with Crippen LogP contribution in [0, 0.1) is 6.92 Å². The molecule has 0 radical (unpaired) electrons. The van der Waals surface area contributed by atoms with Gasteiger partial charge in [-0.15, -0.1) is 0 Å². The highest BCUT2D eigenvalue weighted by Gasteiger charge is 2.36. The standard InChI is InChI=1S/C24H30F3N7O2S/c1-15-11-17(16(2)28-3)5-6-21(15)33-13-20(30-14-33)22-19(24(25,26)27)12-29-23(32-22)31-18-7-9-34(10-8-18)37(4,35)36/h5-6,11-14,16,18,28H,7-10H2,1-4H3,(H,29,31,32). The van der Waals surface area contributed by atoms with E-state index in [0.29, 0.717) is 25.9 Å². The molecule has 13 heteroatoms. The number of aryl methyl sites for hydroxylation is 1. The Balaban J connectivity index is 1.61. The summed E-state index contributed by atoms with van der Waals surface area (Å²) in [6, 6.07) is 5.89. The normalized spacial score (nSPS) is 16.6. The highest BCUT2D eigenvalue weighted by Crippen LogP contribution is 2.36. The molecule has 0 saturated carbocycles. The minimum Gasteiger partial charge on any atom is -0.351 e. The minimum atomic E-state index is -4.67. The fourth-order valence-electron chi connectivity index (χ4n) is 4.35. The smallest absolute Gasteiger partial charge is 0.351 e. The molecule has 200 valence electrons. The molecular formula is C24H30F3N7O2S. The maximum absolute atomic E-state index is 13.8. The Morgan fingerprint density at radius 1 is 1.16 bits per heavy atom. The van der Waals surface area contributed by atoms with Gasteiger partial charge in [0.15, 0.2) is 0 Å². The number of piperidine rings is 1. The lowest BCUT2D eigenvalue weighted by atomic mass is 10.0. The van der Waals surface area contributed by atoms with Crippen molar-refractivity contribution in [3.8, 4) is 17.1 Å². The number of halogens is 3. The van der Waals surface area contributed by atoms with Crippen LogP contribution in [0.5, 0.6) is 0 Å². The first kappa shape index (κ1) is 27.0. The Bertz CT molecular complexity index is 1370. The van der Waals surface area contributed by atoms with Crippen LogP contribution in [0.4, 0.5) is 19.1 Å². The lowest BCUT2D eigenvalue weighted by molar-refractivity contribution is -0.137. The number of imidazole rings is 1. The second-order valence-electron chi connectivity index (χ2n) is 9.26. The fraction of sp³-hybridized carbons (Fsp3) is 0.458. The number of hydrogen-bond acceptors (Lipinski definition) is 7. The summed E-state index contributed by atoms with van der Waals surface area (Å²) in [6.45, 7) is 4.61. The van der Waals surface area contributed by atoms with Crippen LogP contribution in [-0.2, 0) is 16.2 Å². The van der Waals surface area contributed by atoms with E-state index in [2.05, 4.69) is 25.6 Å². The van der Waals surface area contributed by atoms with E-state index in [1.165, 1.54) is 16.8 Å². The lowest BCUT2D eigenvalue weighted by Gasteiger charge is -2.30. The third kappa shape index (κ3) is 6.11. The molecule has 3 aromatic rings. The number of benzene rings is 1. The zero-order valence-electron chi connectivity index (χ0n) is 21.0. The molecule has 9 nitrogen and oxygen atoms in total. The molecule has 1 fully saturated rings. The van der Waals surface area contributed by atoms with Gasteiger partial charge in [-0.2, -0.15) is 13.2 Å². The van der Waals surface area contributed by atoms with E-state index < -0.39 is 21.8 Å². The number of rotatable bonds is 7. The van der Waals surface area contributed by atoms with Crippen molar-refractivity contribution in [2.45, 2.75) is 44.9 Å². The van der Waals surface area contributed by atoms with Gasteiger partial charge in [-0.3, -0.25) is 0 Å². The zero-order chi connectivity index (χ0) is 27.0. The van der Waals surface area contributed by atoms with E-state index in [9.17, 15) is 21.6 Å². The largest absolute Gasteiger partial charge is 0.420 e. The number of anilines is 1. The van der Waals surface area contributed by atoms with Gasteiger partial charge in [-0.05, 0) is 50.9 Å². The molecule has 1 atom stereocenters. The van der Waals surface area contributed by atoms with Crippen molar-refractivity contribution < 1.29 is 21.6 Å². The van der Waals surface area contributed by atoms with Crippen molar-refractivity contribution in [2.24, 2.45) is 0 Å². The van der Waals surface area contributed by atoms with Crippen LogP contribution in [0.15, 0.2) is 36.9 Å². The summed E-state index contributed by atoms with van der Waals surface area (Å²) in [4.78, 5) is 12.3. The molecule has 1 aliphatic heterocycles. The lowest BCUT2D eigenvalue weighted by Crippen LogP contribution is -2.42. The molecule has 0 aliphatic carbocycles. The molecule has 1 unspecified atom stereocenters. The van der Waals surface area contributed by atoms with E-state index in [-0.39, 0.29) is 29.4 Å². The van der Waals surface area contributed by atoms with Crippen LogP contribution in [0.3, 0.4) is 0 Å². The average Bonchev–Trinajstić information content (AvgIpc) is 3.32. The third-order valence-electron chi connectivity index (χ3n) is 6.61. The summed E-state index contributed by atoms with van der Waals surface area (Å²) in [5.41, 5.74) is 1.60. The molecule has 1 saturated heterocycles. The number of sulfonamides is 1. The topological polar surface area (TPSA) is 105 Å². The van der Waals surface area contributed by atoms with E-state index in [0.717, 1.165) is 29.3 Å². The van der Waals surface area contributed by atoms with Gasteiger partial charge in [0.25, 0.3) is 0 Å². The van der Waals surface area contributed by atoms with Crippen molar-refractivity contribution >= 4 is 16.0 Å². The summed E-state index contributed by atoms with van der Waals surface area (Å²) in [7, 11) is -1.41. The maximum atomic E-state index is 13.8. The highest BCUT2D eigenvalue weighted by molar-refractivity contribution is 7.88. The van der Waals surface area contributed by atoms with Crippen molar-refractivity contribution in [1.29, 1.82) is 0 Å². The fourth-order valence-corrected chi connectivity index (χ4v) is 5.22. The van der Waals surface area contributed by atoms with Gasteiger partial charge in [0.2, 0.25) is 16.0 Å². The molecule has 2 N–H and O–H groups in total. The Kier molecular flexibility index (Phi) is 7.58. The van der Waals surface area contributed by atoms with Crippen LogP contribution in [0.1, 0.15) is 42.5 Å². The molecule has 3 heterocycles. The van der Waals surface area contributed by atoms with Crippen molar-refractivity contribution in [2.75, 3.05) is 31.7 Å². The molecule has 2 aromatic heterocycles. The highest BCUT2D eigenvalue weighted by atomic mass is 32.2. The van der Waals surface area contributed by atoms with Crippen LogP contribution in [0.25, 0.3) is 17.1 Å². The number of nitrogens with one attached hydrogen (secondary N) is 2. The molecule has 0 amide bonds. The Morgan fingerprint density at radius 2 is 1.86 bits per heavy atom. The third-order valence-corrected chi connectivity index (χ3v) is 7.91. The van der Waals surface area contributed by atoms with Crippen LogP contribution in [0.2, 0.25) is 0 Å². The second kappa shape index (κ2) is 10.4. The maximum Gasteiger partial charge on any atom is 0.420 e. The molecule has 1 aliphatic rings. The Hall–Kier alpha value is -3.03. The van der Waals surface area contributed by atoms with E-state index in [1.807, 2.05) is 39.1 Å². The molecule has 1 aromatic carbocycles. The van der Waals surface area contributed by atoms with Crippen molar-refractivity contribution in [3.63, 3.8) is 0 Å². The summed E-state index contributed by atoms with van der Waals surface area (Å²) in [5.74, 6) is 0.0388. The number of nitrogens with zero attached hydrogens (tertiary/aromatic N) is 5. The number of hydrogen-bond donors (Lipinski definition) is 2. The summed E-state index contributed by atoms with van der Waals surface area (Å²) < 4.78 is 68.0. The van der Waals surface area contributed by atoms with E-state index >= 15 is 0 Å². The zero-order valence-corrected chi connectivity index (χ0v) is 21.9. The van der Waals surface area contributed by atoms with Gasteiger partial charge in [-0.25, -0.2) is 27.7 Å². The van der Waals surface area contributed by atoms with Crippen molar-refractivity contribution in [3.05, 3.63) is 53.6 Å². The predicted molar refractivity (Wildman–Crippen MR) is 135 cm³/mol. The molecule has 4 rings (SSSR count). The monoisotopic (exact) mass is 537 g/mol. The molecular weight excluding hydrogens is 507 g/mol. The summed E-state index contributed by atoms with van der Waals surface area (Å²) >= 11 is 0. The molecule has 0 spiro atoms. The first-order valence-electron chi connectivity index (χ1n) is 11.8. The first-order chi connectivity index (χ1) is 17.4. The van der Waals surface area contributed by atoms with Gasteiger partial charge in [-0.1, -0.05) is 12.1 Å². The van der Waals surface area contributed by atoms with Gasteiger partial charge in [0.05, 0.1) is 12.6 Å². The summed E-state index contributed by atoms with van der Waals surface area (Å²) in [6.07, 6.45) is 1.22. The van der Waals surface area contributed by atoms with Gasteiger partial charge in [0, 0.05) is 43.3 Å². The van der Waals surface area contributed by atoms with E-state index in [4.69, 9.17) is 0 Å². The molecule has 37 heavy (non-hydrogen) atoms. The number of aromatic nitrogens is 4. The second-order valence-corrected chi connectivity index (χ2v) is 11.2. The number of alkyl halides is 3. The van der Waals surface area contributed by atoms with Gasteiger partial charge < -0.3 is 15.2 Å².